The Labute approximate surface area is 110 Å². The summed E-state index contributed by atoms with van der Waals surface area (Å²) in [6.07, 6.45) is 0. The SMILES string of the molecule is CCOP(=S)(OCC)SCC(=O)NCC(N)=O. The van der Waals surface area contributed by atoms with E-state index in [1.807, 2.05) is 13.8 Å². The van der Waals surface area contributed by atoms with Crippen molar-refractivity contribution in [2.24, 2.45) is 5.73 Å². The predicted octanol–water partition coefficient (Wildman–Crippen LogP) is 0.619. The maximum atomic E-state index is 11.3. The van der Waals surface area contributed by atoms with E-state index in [2.05, 4.69) is 5.32 Å². The lowest BCUT2D eigenvalue weighted by Gasteiger charge is -2.19. The van der Waals surface area contributed by atoms with Gasteiger partial charge in [0.25, 0.3) is 0 Å². The predicted molar refractivity (Wildman–Crippen MR) is 72.2 cm³/mol. The standard InChI is InChI=1S/C8H17N2O4PS2/c1-3-13-15(16,14-4-2)17-6-8(12)10-5-7(9)11/h3-6H2,1-2H3,(H2,9,11)(H,10,12). The Morgan fingerprint density at radius 1 is 1.35 bits per heavy atom. The van der Waals surface area contributed by atoms with Crippen molar-refractivity contribution in [3.05, 3.63) is 0 Å². The van der Waals surface area contributed by atoms with Crippen LogP contribution in [-0.4, -0.2) is 37.3 Å². The highest BCUT2D eigenvalue weighted by molar-refractivity contribution is 8.68. The van der Waals surface area contributed by atoms with Gasteiger partial charge in [-0.2, -0.15) is 0 Å². The van der Waals surface area contributed by atoms with Crippen LogP contribution in [0.3, 0.4) is 0 Å². The Hall–Kier alpha value is -0.140. The van der Waals surface area contributed by atoms with E-state index in [9.17, 15) is 9.59 Å². The maximum Gasteiger partial charge on any atom is 0.247 e. The Morgan fingerprint density at radius 3 is 2.29 bits per heavy atom. The number of hydrogen-bond donors (Lipinski definition) is 2. The minimum atomic E-state index is -2.45. The molecule has 0 fully saturated rings. The summed E-state index contributed by atoms with van der Waals surface area (Å²) in [6, 6.07) is 0. The molecule has 3 N–H and O–H groups in total. The lowest BCUT2D eigenvalue weighted by atomic mass is 10.6. The summed E-state index contributed by atoms with van der Waals surface area (Å²) in [5.41, 5.74) is 2.45. The van der Waals surface area contributed by atoms with Gasteiger partial charge in [0, 0.05) is 0 Å². The largest absolute Gasteiger partial charge is 0.368 e. The average molecular weight is 300 g/mol. The molecule has 0 spiro atoms. The van der Waals surface area contributed by atoms with Crippen molar-refractivity contribution < 1.29 is 18.6 Å². The summed E-state index contributed by atoms with van der Waals surface area (Å²) in [7, 11) is 0. The Bertz CT molecular complexity index is 304. The second kappa shape index (κ2) is 8.88. The van der Waals surface area contributed by atoms with Crippen LogP contribution in [0, 0.1) is 0 Å². The molecule has 2 amide bonds. The Morgan fingerprint density at radius 2 is 1.88 bits per heavy atom. The molecule has 0 heterocycles. The zero-order valence-electron chi connectivity index (χ0n) is 9.80. The third kappa shape index (κ3) is 8.57. The van der Waals surface area contributed by atoms with Gasteiger partial charge in [0.05, 0.1) is 25.5 Å². The van der Waals surface area contributed by atoms with Crippen molar-refractivity contribution in [2.45, 2.75) is 13.8 Å². The van der Waals surface area contributed by atoms with Gasteiger partial charge in [0.1, 0.15) is 0 Å². The summed E-state index contributed by atoms with van der Waals surface area (Å²) in [6.45, 7) is 4.33. The highest BCUT2D eigenvalue weighted by Crippen LogP contribution is 2.60. The van der Waals surface area contributed by atoms with Crippen molar-refractivity contribution in [3.8, 4) is 0 Å². The monoisotopic (exact) mass is 300 g/mol. The van der Waals surface area contributed by atoms with Crippen LogP contribution in [0.1, 0.15) is 13.8 Å². The summed E-state index contributed by atoms with van der Waals surface area (Å²) in [4.78, 5) is 21.8. The van der Waals surface area contributed by atoms with Gasteiger partial charge < -0.3 is 20.1 Å². The van der Waals surface area contributed by atoms with E-state index >= 15 is 0 Å². The van der Waals surface area contributed by atoms with E-state index in [4.69, 9.17) is 26.6 Å². The van der Waals surface area contributed by atoms with E-state index in [-0.39, 0.29) is 18.2 Å². The van der Waals surface area contributed by atoms with Gasteiger partial charge in [0.2, 0.25) is 17.5 Å². The topological polar surface area (TPSA) is 90.7 Å². The first-order valence-corrected chi connectivity index (χ1v) is 9.25. The van der Waals surface area contributed by atoms with Crippen molar-refractivity contribution >= 4 is 40.7 Å². The smallest absolute Gasteiger partial charge is 0.247 e. The second-order valence-corrected chi connectivity index (χ2v) is 9.11. The molecule has 0 saturated carbocycles. The number of amides is 2. The molecule has 0 rings (SSSR count). The lowest BCUT2D eigenvalue weighted by molar-refractivity contribution is -0.123. The summed E-state index contributed by atoms with van der Waals surface area (Å²) in [5.74, 6) is -0.815. The zero-order valence-corrected chi connectivity index (χ0v) is 12.3. The molecule has 9 heteroatoms. The van der Waals surface area contributed by atoms with Crippen LogP contribution >= 0.6 is 17.1 Å². The van der Waals surface area contributed by atoms with Gasteiger partial charge in [-0.25, -0.2) is 0 Å². The Balaban J connectivity index is 4.08. The highest BCUT2D eigenvalue weighted by Gasteiger charge is 2.20. The average Bonchev–Trinajstić information content (AvgIpc) is 2.24. The van der Waals surface area contributed by atoms with Crippen LogP contribution in [0.4, 0.5) is 0 Å². The fourth-order valence-corrected chi connectivity index (χ4v) is 5.05. The van der Waals surface area contributed by atoms with E-state index in [0.717, 1.165) is 11.4 Å². The molecule has 0 bridgehead atoms. The first kappa shape index (κ1) is 16.9. The zero-order chi connectivity index (χ0) is 13.3. The van der Waals surface area contributed by atoms with E-state index in [0.29, 0.717) is 13.2 Å². The number of hydrogen-bond acceptors (Lipinski definition) is 6. The molecule has 0 atom stereocenters. The number of carbonyl (C=O) groups is 2. The molecule has 0 aromatic carbocycles. The van der Waals surface area contributed by atoms with E-state index in [1.165, 1.54) is 0 Å². The lowest BCUT2D eigenvalue weighted by Crippen LogP contribution is -2.34. The first-order chi connectivity index (χ1) is 7.93. The molecule has 100 valence electrons. The van der Waals surface area contributed by atoms with Gasteiger partial charge in [-0.3, -0.25) is 9.59 Å². The van der Waals surface area contributed by atoms with E-state index in [1.54, 1.807) is 0 Å². The summed E-state index contributed by atoms with van der Waals surface area (Å²) >= 11 is 6.36. The van der Waals surface area contributed by atoms with Crippen LogP contribution in [0.15, 0.2) is 0 Å². The molecule has 0 saturated heterocycles. The first-order valence-electron chi connectivity index (χ1n) is 5.02. The van der Waals surface area contributed by atoms with Crippen molar-refractivity contribution in [1.29, 1.82) is 0 Å². The quantitative estimate of drug-likeness (QED) is 0.607. The van der Waals surface area contributed by atoms with Crippen LogP contribution in [0.2, 0.25) is 0 Å². The fraction of sp³-hybridized carbons (Fsp3) is 0.750. The fourth-order valence-electron chi connectivity index (χ4n) is 0.802. The molecular formula is C8H17N2O4PS2. The van der Waals surface area contributed by atoms with Gasteiger partial charge in [-0.15, -0.1) is 0 Å². The van der Waals surface area contributed by atoms with Crippen LogP contribution in [0.25, 0.3) is 0 Å². The molecule has 6 nitrogen and oxygen atoms in total. The minimum absolute atomic E-state index is 0.0879. The second-order valence-electron chi connectivity index (χ2n) is 2.80. The van der Waals surface area contributed by atoms with Crippen LogP contribution < -0.4 is 11.1 Å². The van der Waals surface area contributed by atoms with E-state index < -0.39 is 11.6 Å². The van der Waals surface area contributed by atoms with Crippen LogP contribution in [0.5, 0.6) is 0 Å². The van der Waals surface area contributed by atoms with Gasteiger partial charge >= 0.3 is 0 Å². The third-order valence-corrected chi connectivity index (χ3v) is 6.79. The number of nitrogens with one attached hydrogen (secondary N) is 1. The maximum absolute atomic E-state index is 11.3. The van der Waals surface area contributed by atoms with Gasteiger partial charge in [-0.1, -0.05) is 11.4 Å². The van der Waals surface area contributed by atoms with Crippen molar-refractivity contribution in [3.63, 3.8) is 0 Å². The summed E-state index contributed by atoms with van der Waals surface area (Å²) in [5, 5.41) is 2.36. The van der Waals surface area contributed by atoms with Crippen molar-refractivity contribution in [1.82, 2.24) is 5.32 Å². The van der Waals surface area contributed by atoms with Crippen molar-refractivity contribution in [2.75, 3.05) is 25.5 Å². The molecule has 0 aromatic heterocycles. The minimum Gasteiger partial charge on any atom is -0.368 e. The molecule has 0 aliphatic rings. The van der Waals surface area contributed by atoms with Gasteiger partial charge in [0.15, 0.2) is 0 Å². The van der Waals surface area contributed by atoms with Crippen LogP contribution in [-0.2, 0) is 30.4 Å². The molecule has 0 unspecified atom stereocenters. The molecule has 0 aliphatic heterocycles. The Kier molecular flexibility index (Phi) is 8.81. The normalized spacial score (nSPS) is 11.2. The highest BCUT2D eigenvalue weighted by atomic mass is 32.9. The molecule has 0 radical (unpaired) electrons. The number of nitrogens with two attached hydrogens (primary N) is 1. The number of carbonyl (C=O) groups excluding carboxylic acids is 2. The molecule has 17 heavy (non-hydrogen) atoms. The summed E-state index contributed by atoms with van der Waals surface area (Å²) < 4.78 is 10.7. The number of rotatable bonds is 9. The van der Waals surface area contributed by atoms with Gasteiger partial charge in [-0.05, 0) is 25.7 Å². The molecular weight excluding hydrogens is 283 g/mol. The molecule has 0 aliphatic carbocycles. The molecule has 0 aromatic rings. The third-order valence-electron chi connectivity index (χ3n) is 1.39. The number of primary amides is 1.